The summed E-state index contributed by atoms with van der Waals surface area (Å²) in [6, 6.07) is -1.01. The van der Waals surface area contributed by atoms with E-state index in [0.29, 0.717) is 6.54 Å². The van der Waals surface area contributed by atoms with E-state index in [1.54, 1.807) is 0 Å². The summed E-state index contributed by atoms with van der Waals surface area (Å²) in [5.74, 6) is -1.52. The van der Waals surface area contributed by atoms with Crippen molar-refractivity contribution in [2.75, 3.05) is 19.7 Å². The first-order valence-corrected chi connectivity index (χ1v) is 4.45. The van der Waals surface area contributed by atoms with Crippen LogP contribution in [0.5, 0.6) is 0 Å². The van der Waals surface area contributed by atoms with E-state index in [-0.39, 0.29) is 25.5 Å². The van der Waals surface area contributed by atoms with Gasteiger partial charge in [-0.3, -0.25) is 4.79 Å². The molecule has 14 heavy (non-hydrogen) atoms. The highest BCUT2D eigenvalue weighted by Crippen LogP contribution is 1.90. The zero-order chi connectivity index (χ0) is 11.0. The molecule has 0 radical (unpaired) electrons. The Labute approximate surface area is 82.3 Å². The molecule has 0 aromatic rings. The van der Waals surface area contributed by atoms with Crippen LogP contribution < -0.4 is 10.6 Å². The van der Waals surface area contributed by atoms with Crippen LogP contribution in [0.2, 0.25) is 0 Å². The highest BCUT2D eigenvalue weighted by molar-refractivity contribution is 5.84. The van der Waals surface area contributed by atoms with Crippen LogP contribution in [0.1, 0.15) is 13.3 Å². The molecule has 0 rings (SSSR count). The van der Waals surface area contributed by atoms with E-state index in [4.69, 9.17) is 10.2 Å². The van der Waals surface area contributed by atoms with Gasteiger partial charge in [0.1, 0.15) is 6.04 Å². The summed E-state index contributed by atoms with van der Waals surface area (Å²) in [6.07, 6.45) is 0.0210. The Balaban J connectivity index is 3.90. The monoisotopic (exact) mass is 204 g/mol. The first kappa shape index (κ1) is 12.9. The van der Waals surface area contributed by atoms with Crippen LogP contribution >= 0.6 is 0 Å². The van der Waals surface area contributed by atoms with Crippen LogP contribution in [0, 0.1) is 0 Å². The maximum Gasteiger partial charge on any atom is 0.326 e. The van der Waals surface area contributed by atoms with Gasteiger partial charge in [0.15, 0.2) is 0 Å². The second kappa shape index (κ2) is 7.28. The lowest BCUT2D eigenvalue weighted by molar-refractivity contribution is -0.142. The van der Waals surface area contributed by atoms with Crippen molar-refractivity contribution < 1.29 is 19.8 Å². The molecule has 0 aliphatic rings. The van der Waals surface area contributed by atoms with Gasteiger partial charge in [-0.1, -0.05) is 6.92 Å². The summed E-state index contributed by atoms with van der Waals surface area (Å²) in [5, 5.41) is 22.2. The van der Waals surface area contributed by atoms with Crippen LogP contribution in [0.15, 0.2) is 0 Å². The van der Waals surface area contributed by atoms with Crippen LogP contribution in [0.4, 0.5) is 0 Å². The molecular weight excluding hydrogens is 188 g/mol. The number of carbonyl (C=O) groups excluding carboxylic acids is 1. The van der Waals surface area contributed by atoms with Crippen molar-refractivity contribution in [3.05, 3.63) is 0 Å². The fourth-order valence-corrected chi connectivity index (χ4v) is 0.870. The molecule has 4 N–H and O–H groups in total. The quantitative estimate of drug-likeness (QED) is 0.406. The third kappa shape index (κ3) is 5.50. The first-order valence-electron chi connectivity index (χ1n) is 4.45. The smallest absolute Gasteiger partial charge is 0.326 e. The number of carboxylic acid groups (broad SMARTS) is 1. The predicted octanol–water partition coefficient (Wildman–Crippen LogP) is -1.45. The lowest BCUT2D eigenvalue weighted by Crippen LogP contribution is -2.45. The number of hydrogen-bond donors (Lipinski definition) is 4. The SMILES string of the molecule is CCNCC(=O)NC(CCO)C(=O)O. The molecule has 0 aromatic carbocycles. The minimum atomic E-state index is -1.14. The van der Waals surface area contributed by atoms with Crippen molar-refractivity contribution in [1.29, 1.82) is 0 Å². The van der Waals surface area contributed by atoms with E-state index in [2.05, 4.69) is 10.6 Å². The van der Waals surface area contributed by atoms with Gasteiger partial charge in [-0.05, 0) is 6.54 Å². The van der Waals surface area contributed by atoms with E-state index in [9.17, 15) is 9.59 Å². The van der Waals surface area contributed by atoms with Gasteiger partial charge >= 0.3 is 5.97 Å². The number of aliphatic hydroxyl groups is 1. The Kier molecular flexibility index (Phi) is 6.69. The maximum atomic E-state index is 11.1. The molecule has 0 aromatic heterocycles. The summed E-state index contributed by atoms with van der Waals surface area (Å²) in [6.45, 7) is 2.31. The van der Waals surface area contributed by atoms with Gasteiger partial charge in [-0.25, -0.2) is 4.79 Å². The van der Waals surface area contributed by atoms with Gasteiger partial charge in [-0.2, -0.15) is 0 Å². The third-order valence-corrected chi connectivity index (χ3v) is 1.59. The summed E-state index contributed by atoms with van der Waals surface area (Å²) < 4.78 is 0. The number of nitrogens with one attached hydrogen (secondary N) is 2. The van der Waals surface area contributed by atoms with Gasteiger partial charge in [0.25, 0.3) is 0 Å². The molecular formula is C8H16N2O4. The topological polar surface area (TPSA) is 98.7 Å². The second-order valence-electron chi connectivity index (χ2n) is 2.75. The van der Waals surface area contributed by atoms with Crippen molar-refractivity contribution >= 4 is 11.9 Å². The Morgan fingerprint density at radius 3 is 2.50 bits per heavy atom. The number of amides is 1. The molecule has 0 saturated heterocycles. The van der Waals surface area contributed by atoms with E-state index < -0.39 is 12.0 Å². The molecule has 0 aliphatic heterocycles. The standard InChI is InChI=1S/C8H16N2O4/c1-2-9-5-7(12)10-6(3-4-11)8(13)14/h6,9,11H,2-5H2,1H3,(H,10,12)(H,13,14). The summed E-state index contributed by atoms with van der Waals surface area (Å²) in [5.41, 5.74) is 0. The molecule has 0 saturated carbocycles. The molecule has 6 heteroatoms. The number of aliphatic hydroxyl groups excluding tert-OH is 1. The Hall–Kier alpha value is -1.14. The van der Waals surface area contributed by atoms with E-state index >= 15 is 0 Å². The van der Waals surface area contributed by atoms with Crippen LogP contribution in [-0.4, -0.2) is 47.8 Å². The molecule has 0 bridgehead atoms. The lowest BCUT2D eigenvalue weighted by atomic mass is 10.2. The zero-order valence-corrected chi connectivity index (χ0v) is 8.12. The van der Waals surface area contributed by atoms with E-state index in [1.165, 1.54) is 0 Å². The number of rotatable bonds is 7. The van der Waals surface area contributed by atoms with Crippen molar-refractivity contribution in [2.24, 2.45) is 0 Å². The maximum absolute atomic E-state index is 11.1. The Morgan fingerprint density at radius 2 is 2.07 bits per heavy atom. The molecule has 1 unspecified atom stereocenters. The largest absolute Gasteiger partial charge is 0.480 e. The fraction of sp³-hybridized carbons (Fsp3) is 0.750. The van der Waals surface area contributed by atoms with Crippen molar-refractivity contribution in [1.82, 2.24) is 10.6 Å². The van der Waals surface area contributed by atoms with Crippen LogP contribution in [0.25, 0.3) is 0 Å². The molecule has 1 atom stereocenters. The molecule has 82 valence electrons. The minimum Gasteiger partial charge on any atom is -0.480 e. The van der Waals surface area contributed by atoms with Gasteiger partial charge < -0.3 is 20.8 Å². The van der Waals surface area contributed by atoms with Gasteiger partial charge in [0.2, 0.25) is 5.91 Å². The molecule has 0 spiro atoms. The molecule has 0 aliphatic carbocycles. The summed E-state index contributed by atoms with van der Waals surface area (Å²) in [7, 11) is 0. The Morgan fingerprint density at radius 1 is 1.43 bits per heavy atom. The Bertz CT molecular complexity index is 196. The third-order valence-electron chi connectivity index (χ3n) is 1.59. The van der Waals surface area contributed by atoms with Crippen molar-refractivity contribution in [3.63, 3.8) is 0 Å². The van der Waals surface area contributed by atoms with Gasteiger partial charge in [0.05, 0.1) is 6.54 Å². The van der Waals surface area contributed by atoms with Crippen molar-refractivity contribution in [2.45, 2.75) is 19.4 Å². The minimum absolute atomic E-state index is 0.0210. The number of carboxylic acids is 1. The van der Waals surface area contributed by atoms with Crippen molar-refractivity contribution in [3.8, 4) is 0 Å². The second-order valence-corrected chi connectivity index (χ2v) is 2.75. The number of hydrogen-bond acceptors (Lipinski definition) is 4. The normalized spacial score (nSPS) is 12.1. The first-order chi connectivity index (χ1) is 6.61. The van der Waals surface area contributed by atoms with Gasteiger partial charge in [-0.15, -0.1) is 0 Å². The number of aliphatic carboxylic acids is 1. The average Bonchev–Trinajstić information content (AvgIpc) is 2.14. The van der Waals surface area contributed by atoms with Gasteiger partial charge in [0, 0.05) is 13.0 Å². The zero-order valence-electron chi connectivity index (χ0n) is 8.12. The fourth-order valence-electron chi connectivity index (χ4n) is 0.870. The summed E-state index contributed by atoms with van der Waals surface area (Å²) >= 11 is 0. The average molecular weight is 204 g/mol. The summed E-state index contributed by atoms with van der Waals surface area (Å²) in [4.78, 5) is 21.6. The van der Waals surface area contributed by atoms with E-state index in [1.807, 2.05) is 6.92 Å². The molecule has 6 nitrogen and oxygen atoms in total. The predicted molar refractivity (Wildman–Crippen MR) is 49.8 cm³/mol. The number of carbonyl (C=O) groups is 2. The number of likely N-dealkylation sites (N-methyl/N-ethyl adjacent to an activating group) is 1. The molecule has 0 heterocycles. The lowest BCUT2D eigenvalue weighted by Gasteiger charge is -2.12. The highest BCUT2D eigenvalue weighted by Gasteiger charge is 2.18. The highest BCUT2D eigenvalue weighted by atomic mass is 16.4. The van der Waals surface area contributed by atoms with Crippen LogP contribution in [-0.2, 0) is 9.59 Å². The molecule has 1 amide bonds. The van der Waals surface area contributed by atoms with Crippen LogP contribution in [0.3, 0.4) is 0 Å². The van der Waals surface area contributed by atoms with E-state index in [0.717, 1.165) is 0 Å². The molecule has 0 fully saturated rings.